The number of aromatic nitrogens is 2. The van der Waals surface area contributed by atoms with E-state index in [2.05, 4.69) is 15.3 Å². The lowest BCUT2D eigenvalue weighted by molar-refractivity contribution is 0.147. The molecule has 0 bridgehead atoms. The minimum absolute atomic E-state index is 0.460. The molecule has 0 radical (unpaired) electrons. The Balaban J connectivity index is 2.67. The summed E-state index contributed by atoms with van der Waals surface area (Å²) < 4.78 is 10.7. The molecule has 6 nitrogen and oxygen atoms in total. The van der Waals surface area contributed by atoms with Gasteiger partial charge in [-0.2, -0.15) is 4.98 Å². The van der Waals surface area contributed by atoms with Crippen molar-refractivity contribution in [1.82, 2.24) is 9.97 Å². The summed E-state index contributed by atoms with van der Waals surface area (Å²) in [4.78, 5) is 8.66. The fraction of sp³-hybridized carbons (Fsp3) is 0.692. The van der Waals surface area contributed by atoms with E-state index in [9.17, 15) is 0 Å². The van der Waals surface area contributed by atoms with Crippen LogP contribution >= 0.6 is 0 Å². The Morgan fingerprint density at radius 2 is 1.95 bits per heavy atom. The number of nitrogens with zero attached hydrogens (tertiary/aromatic N) is 2. The molecule has 1 heterocycles. The highest BCUT2D eigenvalue weighted by atomic mass is 16.5. The maximum atomic E-state index is 5.99. The number of hydrogen-bond acceptors (Lipinski definition) is 6. The van der Waals surface area contributed by atoms with Crippen LogP contribution in [0.2, 0.25) is 0 Å². The number of nitrogen functional groups attached to an aromatic ring is 1. The zero-order valence-corrected chi connectivity index (χ0v) is 12.0. The lowest BCUT2D eigenvalue weighted by Crippen LogP contribution is -2.12. The Labute approximate surface area is 114 Å². The molecule has 0 saturated carbocycles. The van der Waals surface area contributed by atoms with E-state index < -0.39 is 0 Å². The highest BCUT2D eigenvalue weighted by Crippen LogP contribution is 2.26. The Morgan fingerprint density at radius 1 is 1.16 bits per heavy atom. The average molecular weight is 268 g/mol. The van der Waals surface area contributed by atoms with Crippen LogP contribution in [0, 0.1) is 0 Å². The summed E-state index contributed by atoms with van der Waals surface area (Å²) >= 11 is 0. The van der Waals surface area contributed by atoms with Crippen molar-refractivity contribution in [3.63, 3.8) is 0 Å². The van der Waals surface area contributed by atoms with E-state index >= 15 is 0 Å². The molecule has 0 aliphatic heterocycles. The van der Waals surface area contributed by atoms with Crippen LogP contribution in [0.5, 0.6) is 5.88 Å². The first-order valence-electron chi connectivity index (χ1n) is 6.83. The van der Waals surface area contributed by atoms with Crippen molar-refractivity contribution in [2.45, 2.75) is 33.6 Å². The van der Waals surface area contributed by atoms with Gasteiger partial charge in [0.25, 0.3) is 0 Å². The third kappa shape index (κ3) is 4.90. The van der Waals surface area contributed by atoms with E-state index in [4.69, 9.17) is 15.2 Å². The molecule has 19 heavy (non-hydrogen) atoms. The van der Waals surface area contributed by atoms with Gasteiger partial charge < -0.3 is 20.5 Å². The third-order valence-electron chi connectivity index (χ3n) is 2.52. The predicted molar refractivity (Wildman–Crippen MR) is 76.6 cm³/mol. The molecule has 6 heteroatoms. The summed E-state index contributed by atoms with van der Waals surface area (Å²) in [5.74, 6) is 1.83. The molecular weight excluding hydrogens is 244 g/mol. The molecule has 0 spiro atoms. The zero-order chi connectivity index (χ0) is 14.1. The van der Waals surface area contributed by atoms with Gasteiger partial charge >= 0.3 is 0 Å². The lowest BCUT2D eigenvalue weighted by atomic mass is 10.3. The van der Waals surface area contributed by atoms with Crippen molar-refractivity contribution in [3.05, 3.63) is 5.82 Å². The quantitative estimate of drug-likeness (QED) is 0.665. The van der Waals surface area contributed by atoms with E-state index in [0.717, 1.165) is 38.4 Å². The van der Waals surface area contributed by atoms with Crippen LogP contribution in [0.1, 0.15) is 33.0 Å². The fourth-order valence-corrected chi connectivity index (χ4v) is 1.56. The first-order valence-corrected chi connectivity index (χ1v) is 6.83. The topological polar surface area (TPSA) is 82.3 Å². The van der Waals surface area contributed by atoms with Crippen molar-refractivity contribution in [3.8, 4) is 5.88 Å². The number of anilines is 2. The summed E-state index contributed by atoms with van der Waals surface area (Å²) in [5, 5.41) is 3.21. The largest absolute Gasteiger partial charge is 0.476 e. The highest BCUT2D eigenvalue weighted by molar-refractivity contribution is 5.66. The molecule has 0 fully saturated rings. The van der Waals surface area contributed by atoms with Crippen LogP contribution < -0.4 is 15.8 Å². The van der Waals surface area contributed by atoms with E-state index in [-0.39, 0.29) is 0 Å². The smallest absolute Gasteiger partial charge is 0.242 e. The van der Waals surface area contributed by atoms with E-state index in [1.54, 1.807) is 0 Å². The number of nitrogens with two attached hydrogens (primary N) is 1. The average Bonchev–Trinajstić information content (AvgIpc) is 2.42. The van der Waals surface area contributed by atoms with E-state index in [1.807, 2.05) is 20.8 Å². The van der Waals surface area contributed by atoms with Gasteiger partial charge in [0.15, 0.2) is 5.82 Å². The molecule has 0 aromatic carbocycles. The van der Waals surface area contributed by atoms with Crippen LogP contribution in [0.4, 0.5) is 11.5 Å². The van der Waals surface area contributed by atoms with Gasteiger partial charge in [0.2, 0.25) is 5.88 Å². The van der Waals surface area contributed by atoms with Crippen molar-refractivity contribution in [2.75, 3.05) is 37.4 Å². The van der Waals surface area contributed by atoms with Gasteiger partial charge in [-0.15, -0.1) is 0 Å². The first kappa shape index (κ1) is 15.5. The van der Waals surface area contributed by atoms with Gasteiger partial charge in [0, 0.05) is 26.2 Å². The minimum Gasteiger partial charge on any atom is -0.476 e. The summed E-state index contributed by atoms with van der Waals surface area (Å²) in [6.07, 6.45) is 1.65. The zero-order valence-electron chi connectivity index (χ0n) is 12.0. The van der Waals surface area contributed by atoms with Crippen LogP contribution in [0.25, 0.3) is 0 Å². The summed E-state index contributed by atoms with van der Waals surface area (Å²) in [5.41, 5.74) is 6.46. The first-order chi connectivity index (χ1) is 9.22. The maximum Gasteiger partial charge on any atom is 0.242 e. The molecular formula is C13H24N4O2. The van der Waals surface area contributed by atoms with Gasteiger partial charge in [0.05, 0.1) is 6.61 Å². The molecule has 3 N–H and O–H groups in total. The molecule has 0 atom stereocenters. The van der Waals surface area contributed by atoms with E-state index in [1.165, 1.54) is 0 Å². The molecule has 108 valence electrons. The number of ether oxygens (including phenoxy) is 2. The third-order valence-corrected chi connectivity index (χ3v) is 2.52. The second kappa shape index (κ2) is 8.53. The maximum absolute atomic E-state index is 5.99. The van der Waals surface area contributed by atoms with Crippen molar-refractivity contribution < 1.29 is 9.47 Å². The van der Waals surface area contributed by atoms with Gasteiger partial charge in [0.1, 0.15) is 11.5 Å². The van der Waals surface area contributed by atoms with Crippen molar-refractivity contribution >= 4 is 11.5 Å². The highest BCUT2D eigenvalue weighted by Gasteiger charge is 2.11. The SMILES string of the molecule is CCOCCCNc1nc(CC)nc(OCC)c1N. The Morgan fingerprint density at radius 3 is 2.58 bits per heavy atom. The summed E-state index contributed by atoms with van der Waals surface area (Å²) in [6, 6.07) is 0. The molecule has 0 saturated heterocycles. The predicted octanol–water partition coefficient (Wildman–Crippen LogP) is 1.86. The molecule has 0 amide bonds. The van der Waals surface area contributed by atoms with Crippen LogP contribution in [0.3, 0.4) is 0 Å². The Kier molecular flexibility index (Phi) is 6.95. The second-order valence-corrected chi connectivity index (χ2v) is 3.97. The fourth-order valence-electron chi connectivity index (χ4n) is 1.56. The number of rotatable bonds is 9. The number of hydrogen-bond donors (Lipinski definition) is 2. The molecule has 1 aromatic heterocycles. The van der Waals surface area contributed by atoms with Crippen LogP contribution in [0.15, 0.2) is 0 Å². The normalized spacial score (nSPS) is 10.5. The summed E-state index contributed by atoms with van der Waals surface area (Å²) in [6.45, 7) is 8.65. The standard InChI is InChI=1S/C13H24N4O2/c1-4-10-16-12(15-8-7-9-18-5-2)11(14)13(17-10)19-6-3/h4-9,14H2,1-3H3,(H,15,16,17). The number of nitrogens with one attached hydrogen (secondary N) is 1. The van der Waals surface area contributed by atoms with Gasteiger partial charge in [-0.25, -0.2) is 4.98 Å². The second-order valence-electron chi connectivity index (χ2n) is 3.97. The molecule has 1 rings (SSSR count). The monoisotopic (exact) mass is 268 g/mol. The van der Waals surface area contributed by atoms with Crippen molar-refractivity contribution in [1.29, 1.82) is 0 Å². The van der Waals surface area contributed by atoms with Gasteiger partial charge in [-0.1, -0.05) is 6.92 Å². The molecule has 0 aliphatic carbocycles. The molecule has 1 aromatic rings. The van der Waals surface area contributed by atoms with Crippen LogP contribution in [-0.2, 0) is 11.2 Å². The molecule has 0 aliphatic rings. The Bertz CT molecular complexity index is 385. The molecule has 0 unspecified atom stereocenters. The van der Waals surface area contributed by atoms with Gasteiger partial charge in [-0.3, -0.25) is 0 Å². The lowest BCUT2D eigenvalue weighted by Gasteiger charge is -2.13. The van der Waals surface area contributed by atoms with E-state index in [0.29, 0.717) is 24.0 Å². The Hall–Kier alpha value is -1.56. The van der Waals surface area contributed by atoms with Crippen LogP contribution in [-0.4, -0.2) is 36.3 Å². The minimum atomic E-state index is 0.460. The van der Waals surface area contributed by atoms with Gasteiger partial charge in [-0.05, 0) is 20.3 Å². The van der Waals surface area contributed by atoms with Crippen molar-refractivity contribution in [2.24, 2.45) is 0 Å². The number of aryl methyl sites for hydroxylation is 1. The summed E-state index contributed by atoms with van der Waals surface area (Å²) in [7, 11) is 0.